The van der Waals surface area contributed by atoms with Crippen molar-refractivity contribution in [2.75, 3.05) is 0 Å². The van der Waals surface area contributed by atoms with Crippen LogP contribution in [0.3, 0.4) is 0 Å². The fourth-order valence-corrected chi connectivity index (χ4v) is 1.19. The summed E-state index contributed by atoms with van der Waals surface area (Å²) in [5.74, 6) is 0. The minimum Gasteiger partial charge on any atom is -0.502 e. The summed E-state index contributed by atoms with van der Waals surface area (Å²) in [6.07, 6.45) is 4.99. The molecule has 1 aliphatic rings. The summed E-state index contributed by atoms with van der Waals surface area (Å²) in [6.45, 7) is 0. The molecule has 3 nitrogen and oxygen atoms in total. The van der Waals surface area contributed by atoms with E-state index in [4.69, 9.17) is 0 Å². The first-order valence-corrected chi connectivity index (χ1v) is 3.63. The third-order valence-corrected chi connectivity index (χ3v) is 1.97. The molecular formula is C5H5NO2S. The summed E-state index contributed by atoms with van der Waals surface area (Å²) in [6, 6.07) is 0. The highest BCUT2D eigenvalue weighted by atomic mass is 32.2. The predicted octanol–water partition coefficient (Wildman–Crippen LogP) is -0.506. The summed E-state index contributed by atoms with van der Waals surface area (Å²) in [7, 11) is 0. The van der Waals surface area contributed by atoms with Gasteiger partial charge in [-0.15, -0.1) is 0 Å². The van der Waals surface area contributed by atoms with E-state index in [-0.39, 0.29) is 0 Å². The van der Waals surface area contributed by atoms with E-state index < -0.39 is 16.4 Å². The van der Waals surface area contributed by atoms with Crippen LogP contribution in [0.5, 0.6) is 0 Å². The molecule has 0 bridgehead atoms. The third-order valence-electron chi connectivity index (χ3n) is 0.797. The van der Waals surface area contributed by atoms with Crippen LogP contribution in [0, 0.1) is 0 Å². The molecule has 1 N–H and O–H groups in total. The monoisotopic (exact) mass is 143 g/mol. The number of hydrogen-bond donors (Lipinski definition) is 1. The molecule has 9 heavy (non-hydrogen) atoms. The highest BCUT2D eigenvalue weighted by Gasteiger charge is 2.16. The van der Waals surface area contributed by atoms with Crippen molar-refractivity contribution in [2.45, 2.75) is 0 Å². The molecule has 0 radical (unpaired) electrons. The van der Waals surface area contributed by atoms with E-state index in [0.29, 0.717) is 0 Å². The summed E-state index contributed by atoms with van der Waals surface area (Å²) in [4.78, 5) is 10.1. The van der Waals surface area contributed by atoms with Crippen LogP contribution >= 0.6 is 0 Å². The van der Waals surface area contributed by atoms with Gasteiger partial charge in [0.15, 0.2) is 16.5 Å². The van der Waals surface area contributed by atoms with Gasteiger partial charge in [-0.3, -0.25) is 0 Å². The van der Waals surface area contributed by atoms with Gasteiger partial charge in [0.05, 0.1) is 0 Å². The van der Waals surface area contributed by atoms with Gasteiger partial charge in [0.2, 0.25) is 0 Å². The molecule has 0 aliphatic carbocycles. The number of allylic oxidation sites excluding steroid dienone is 2. The number of hydrogen-bond acceptors (Lipinski definition) is 3. The topological polar surface area (TPSA) is 52.2 Å². The number of carbonyl (C=O) groups excluding carboxylic acids is 1. The molecule has 1 heterocycles. The van der Waals surface area contributed by atoms with E-state index >= 15 is 0 Å². The zero-order chi connectivity index (χ0) is 6.69. The van der Waals surface area contributed by atoms with Gasteiger partial charge < -0.3 is 9.90 Å². The van der Waals surface area contributed by atoms with Gasteiger partial charge >= 0.3 is 5.30 Å². The molecule has 1 rings (SSSR count). The van der Waals surface area contributed by atoms with Crippen molar-refractivity contribution in [3.8, 4) is 0 Å². The Labute approximate surface area is 55.5 Å². The third kappa shape index (κ3) is 1.50. The van der Waals surface area contributed by atoms with Crippen LogP contribution in [0.4, 0.5) is 4.79 Å². The van der Waals surface area contributed by atoms with Crippen molar-refractivity contribution < 1.29 is 9.90 Å². The first-order chi connectivity index (χ1) is 4.30. The lowest BCUT2D eigenvalue weighted by Crippen LogP contribution is -2.36. The zero-order valence-electron chi connectivity index (χ0n) is 4.53. The fraction of sp³-hybridized carbons (Fsp3) is 0. The van der Waals surface area contributed by atoms with Gasteiger partial charge in [-0.05, 0) is 12.2 Å². The molecule has 0 saturated heterocycles. The van der Waals surface area contributed by atoms with Crippen LogP contribution in [0.15, 0.2) is 23.8 Å². The Morgan fingerprint density at radius 1 is 1.56 bits per heavy atom. The summed E-state index contributed by atoms with van der Waals surface area (Å²) in [5, 5.41) is 10.6. The fourth-order valence-electron chi connectivity index (χ4n) is 0.435. The van der Waals surface area contributed by atoms with Crippen LogP contribution in [0.2, 0.25) is 0 Å². The smallest absolute Gasteiger partial charge is 0.306 e. The van der Waals surface area contributed by atoms with Crippen LogP contribution < -0.4 is 9.83 Å². The molecule has 48 valence electrons. The second-order valence-corrected chi connectivity index (χ2v) is 2.91. The zero-order valence-corrected chi connectivity index (χ0v) is 5.35. The SMILES string of the molecule is O=C([O-])[S+]1C=CC=CN1. The van der Waals surface area contributed by atoms with Crippen LogP contribution in [-0.4, -0.2) is 5.30 Å². The van der Waals surface area contributed by atoms with Crippen molar-refractivity contribution >= 4 is 16.4 Å². The first-order valence-electron chi connectivity index (χ1n) is 2.34. The molecule has 0 aromatic carbocycles. The van der Waals surface area contributed by atoms with Crippen molar-refractivity contribution in [3.63, 3.8) is 0 Å². The van der Waals surface area contributed by atoms with E-state index in [0.717, 1.165) is 0 Å². The van der Waals surface area contributed by atoms with Crippen molar-refractivity contribution in [1.29, 1.82) is 0 Å². The van der Waals surface area contributed by atoms with Crippen LogP contribution in [0.1, 0.15) is 0 Å². The predicted molar refractivity (Wildman–Crippen MR) is 34.2 cm³/mol. The van der Waals surface area contributed by atoms with Crippen molar-refractivity contribution in [3.05, 3.63) is 23.8 Å². The lowest BCUT2D eigenvalue weighted by molar-refractivity contribution is -0.233. The van der Waals surface area contributed by atoms with Gasteiger partial charge in [0, 0.05) is 6.20 Å². The molecule has 0 fully saturated rings. The number of carboxylic acid groups (broad SMARTS) is 1. The van der Waals surface area contributed by atoms with E-state index in [9.17, 15) is 9.90 Å². The molecule has 0 aromatic rings. The summed E-state index contributed by atoms with van der Waals surface area (Å²) >= 11 is -0.908. The molecule has 1 atom stereocenters. The molecule has 0 spiro atoms. The molecule has 1 aliphatic heterocycles. The molecule has 0 amide bonds. The average molecular weight is 143 g/mol. The second kappa shape index (κ2) is 2.59. The molecule has 1 unspecified atom stereocenters. The Hall–Kier alpha value is -0.900. The summed E-state index contributed by atoms with van der Waals surface area (Å²) < 4.78 is 2.62. The largest absolute Gasteiger partial charge is 0.502 e. The standard InChI is InChI=1S/C5H5NO2S/c7-5(8)9-4-2-1-3-6-9/h1-4,6H. The van der Waals surface area contributed by atoms with Gasteiger partial charge in [-0.2, -0.15) is 0 Å². The number of carbonyl (C=O) groups is 1. The van der Waals surface area contributed by atoms with E-state index in [1.165, 1.54) is 0 Å². The quantitative estimate of drug-likeness (QED) is 0.465. The average Bonchev–Trinajstić information content (AvgIpc) is 1.90. The normalized spacial score (nSPS) is 23.3. The van der Waals surface area contributed by atoms with Crippen molar-refractivity contribution in [1.82, 2.24) is 4.72 Å². The Morgan fingerprint density at radius 2 is 2.33 bits per heavy atom. The van der Waals surface area contributed by atoms with Gasteiger partial charge in [0.25, 0.3) is 0 Å². The molecular weight excluding hydrogens is 138 g/mol. The van der Waals surface area contributed by atoms with E-state index in [1.54, 1.807) is 23.8 Å². The molecule has 0 aromatic heterocycles. The maximum absolute atomic E-state index is 10.1. The minimum atomic E-state index is -1.07. The van der Waals surface area contributed by atoms with Crippen molar-refractivity contribution in [2.24, 2.45) is 0 Å². The second-order valence-electron chi connectivity index (χ2n) is 1.39. The molecule has 0 saturated carbocycles. The van der Waals surface area contributed by atoms with E-state index in [1.807, 2.05) is 0 Å². The maximum Gasteiger partial charge on any atom is 0.306 e. The minimum absolute atomic E-state index is 0.908. The maximum atomic E-state index is 10.1. The molecule has 4 heteroatoms. The Bertz CT molecular complexity index is 176. The number of rotatable bonds is 0. The Kier molecular flexibility index (Phi) is 1.79. The van der Waals surface area contributed by atoms with Crippen LogP contribution in [0.25, 0.3) is 0 Å². The first kappa shape index (κ1) is 6.22. The van der Waals surface area contributed by atoms with Crippen LogP contribution in [-0.2, 0) is 11.1 Å². The van der Waals surface area contributed by atoms with E-state index in [2.05, 4.69) is 4.72 Å². The lowest BCUT2D eigenvalue weighted by atomic mass is 10.6. The highest BCUT2D eigenvalue weighted by Crippen LogP contribution is 1.97. The Morgan fingerprint density at radius 3 is 2.67 bits per heavy atom. The number of nitrogens with one attached hydrogen (secondary N) is 1. The highest BCUT2D eigenvalue weighted by molar-refractivity contribution is 8.11. The Balaban J connectivity index is 2.56. The lowest BCUT2D eigenvalue weighted by Gasteiger charge is -2.02. The van der Waals surface area contributed by atoms with Gasteiger partial charge in [-0.25, -0.2) is 4.72 Å². The van der Waals surface area contributed by atoms with Gasteiger partial charge in [0.1, 0.15) is 0 Å². The van der Waals surface area contributed by atoms with Gasteiger partial charge in [-0.1, -0.05) is 0 Å². The summed E-state index contributed by atoms with van der Waals surface area (Å²) in [5.41, 5.74) is 0.